The first-order valence-electron chi connectivity index (χ1n) is 9.44. The van der Waals surface area contributed by atoms with Gasteiger partial charge in [-0.2, -0.15) is 0 Å². The number of amides is 1. The fourth-order valence-electron chi connectivity index (χ4n) is 3.12. The lowest BCUT2D eigenvalue weighted by molar-refractivity contribution is 0.0853. The van der Waals surface area contributed by atoms with Crippen molar-refractivity contribution in [3.05, 3.63) is 72.4 Å². The zero-order chi connectivity index (χ0) is 19.2. The maximum Gasteiger partial charge on any atom is 0.270 e. The summed E-state index contributed by atoms with van der Waals surface area (Å²) in [4.78, 5) is 21.8. The molecule has 142 valence electrons. The van der Waals surface area contributed by atoms with Gasteiger partial charge in [0.25, 0.3) is 5.91 Å². The molecule has 2 N–H and O–H groups in total. The quantitative estimate of drug-likeness (QED) is 0.686. The summed E-state index contributed by atoms with van der Waals surface area (Å²) < 4.78 is 5.58. The number of para-hydroxylation sites is 1. The van der Waals surface area contributed by atoms with Crippen LogP contribution < -0.4 is 10.6 Å². The summed E-state index contributed by atoms with van der Waals surface area (Å²) in [6, 6.07) is 21.0. The van der Waals surface area contributed by atoms with Gasteiger partial charge in [-0.05, 0) is 25.0 Å². The van der Waals surface area contributed by atoms with Gasteiger partial charge in [-0.3, -0.25) is 4.79 Å². The molecule has 6 nitrogen and oxygen atoms in total. The van der Waals surface area contributed by atoms with Crippen LogP contribution in [0.25, 0.3) is 11.4 Å². The molecule has 1 amide bonds. The number of carbonyl (C=O) groups is 1. The number of benzene rings is 2. The van der Waals surface area contributed by atoms with Gasteiger partial charge in [0, 0.05) is 30.5 Å². The highest BCUT2D eigenvalue weighted by Gasteiger charge is 2.18. The van der Waals surface area contributed by atoms with E-state index in [1.54, 1.807) is 6.07 Å². The molecule has 1 unspecified atom stereocenters. The van der Waals surface area contributed by atoms with Gasteiger partial charge < -0.3 is 15.4 Å². The van der Waals surface area contributed by atoms with E-state index in [0.29, 0.717) is 23.9 Å². The van der Waals surface area contributed by atoms with Crippen LogP contribution in [0, 0.1) is 0 Å². The van der Waals surface area contributed by atoms with E-state index in [2.05, 4.69) is 20.6 Å². The maximum atomic E-state index is 12.7. The van der Waals surface area contributed by atoms with Gasteiger partial charge >= 0.3 is 0 Å². The molecule has 0 aliphatic carbocycles. The van der Waals surface area contributed by atoms with E-state index in [-0.39, 0.29) is 12.0 Å². The second-order valence-electron chi connectivity index (χ2n) is 6.66. The Morgan fingerprint density at radius 2 is 1.79 bits per heavy atom. The average Bonchev–Trinajstić information content (AvgIpc) is 3.27. The third kappa shape index (κ3) is 4.53. The number of nitrogens with zero attached hydrogens (tertiary/aromatic N) is 2. The summed E-state index contributed by atoms with van der Waals surface area (Å²) in [5, 5.41) is 6.18. The molecule has 1 fully saturated rings. The van der Waals surface area contributed by atoms with Crippen LogP contribution in [0.5, 0.6) is 0 Å². The molecule has 1 atom stereocenters. The van der Waals surface area contributed by atoms with Crippen molar-refractivity contribution >= 4 is 17.4 Å². The highest BCUT2D eigenvalue weighted by molar-refractivity contribution is 5.93. The monoisotopic (exact) mass is 374 g/mol. The topological polar surface area (TPSA) is 76.1 Å². The van der Waals surface area contributed by atoms with Gasteiger partial charge in [0.1, 0.15) is 11.5 Å². The first-order valence-corrected chi connectivity index (χ1v) is 9.44. The summed E-state index contributed by atoms with van der Waals surface area (Å²) in [6.45, 7) is 1.25. The first kappa shape index (κ1) is 18.1. The Morgan fingerprint density at radius 3 is 2.50 bits per heavy atom. The largest absolute Gasteiger partial charge is 0.376 e. The van der Waals surface area contributed by atoms with Gasteiger partial charge in [0.05, 0.1) is 6.10 Å². The van der Waals surface area contributed by atoms with E-state index in [1.165, 1.54) is 0 Å². The highest BCUT2D eigenvalue weighted by atomic mass is 16.5. The van der Waals surface area contributed by atoms with Crippen LogP contribution in [0.15, 0.2) is 66.7 Å². The van der Waals surface area contributed by atoms with Crippen molar-refractivity contribution in [2.45, 2.75) is 18.9 Å². The third-order valence-corrected chi connectivity index (χ3v) is 4.55. The fraction of sp³-hybridized carbons (Fsp3) is 0.227. The number of aromatic nitrogens is 2. The van der Waals surface area contributed by atoms with Crippen molar-refractivity contribution in [2.24, 2.45) is 0 Å². The predicted molar refractivity (Wildman–Crippen MR) is 108 cm³/mol. The molecule has 1 aromatic heterocycles. The van der Waals surface area contributed by atoms with Gasteiger partial charge in [-0.15, -0.1) is 0 Å². The summed E-state index contributed by atoms with van der Waals surface area (Å²) in [5.74, 6) is 0.845. The van der Waals surface area contributed by atoms with E-state index >= 15 is 0 Å². The standard InChI is InChI=1S/C22H22N4O2/c27-22(23-15-18-12-7-13-28-18)19-14-20(24-17-10-5-2-6-11-17)26-21(25-19)16-8-3-1-4-9-16/h1-6,8-11,14,18H,7,12-13,15H2,(H,23,27)(H,24,25,26). The van der Waals surface area contributed by atoms with Crippen molar-refractivity contribution in [2.75, 3.05) is 18.5 Å². The van der Waals surface area contributed by atoms with E-state index in [9.17, 15) is 4.79 Å². The van der Waals surface area contributed by atoms with Crippen molar-refractivity contribution < 1.29 is 9.53 Å². The lowest BCUT2D eigenvalue weighted by atomic mass is 10.2. The fourth-order valence-corrected chi connectivity index (χ4v) is 3.12. The maximum absolute atomic E-state index is 12.7. The highest BCUT2D eigenvalue weighted by Crippen LogP contribution is 2.21. The Labute approximate surface area is 164 Å². The molecule has 4 rings (SSSR count). The van der Waals surface area contributed by atoms with E-state index in [0.717, 1.165) is 30.7 Å². The molecular weight excluding hydrogens is 352 g/mol. The number of rotatable bonds is 6. The van der Waals surface area contributed by atoms with Gasteiger partial charge in [0.2, 0.25) is 0 Å². The van der Waals surface area contributed by atoms with Crippen LogP contribution >= 0.6 is 0 Å². The SMILES string of the molecule is O=C(NCC1CCCO1)c1cc(Nc2ccccc2)nc(-c2ccccc2)n1. The molecule has 0 bridgehead atoms. The molecule has 1 aliphatic heterocycles. The van der Waals surface area contributed by atoms with Crippen LogP contribution in [0.4, 0.5) is 11.5 Å². The molecule has 3 aromatic rings. The van der Waals surface area contributed by atoms with Crippen molar-refractivity contribution in [1.29, 1.82) is 0 Å². The van der Waals surface area contributed by atoms with Crippen molar-refractivity contribution in [3.63, 3.8) is 0 Å². The Balaban J connectivity index is 1.60. The molecule has 2 aromatic carbocycles. The number of carbonyl (C=O) groups excluding carboxylic acids is 1. The smallest absolute Gasteiger partial charge is 0.270 e. The van der Waals surface area contributed by atoms with Crippen LogP contribution in [-0.4, -0.2) is 35.1 Å². The normalized spacial score (nSPS) is 15.9. The lowest BCUT2D eigenvalue weighted by Gasteiger charge is -2.12. The summed E-state index contributed by atoms with van der Waals surface area (Å²) in [7, 11) is 0. The third-order valence-electron chi connectivity index (χ3n) is 4.55. The van der Waals surface area contributed by atoms with Gasteiger partial charge in [0.15, 0.2) is 5.82 Å². The Hall–Kier alpha value is -3.25. The van der Waals surface area contributed by atoms with Crippen LogP contribution in [0.3, 0.4) is 0 Å². The summed E-state index contributed by atoms with van der Waals surface area (Å²) in [5.41, 5.74) is 2.07. The number of anilines is 2. The zero-order valence-corrected chi connectivity index (χ0v) is 15.5. The Bertz CT molecular complexity index is 926. The zero-order valence-electron chi connectivity index (χ0n) is 15.5. The minimum absolute atomic E-state index is 0.0845. The molecular formula is C22H22N4O2. The molecule has 0 spiro atoms. The van der Waals surface area contributed by atoms with E-state index < -0.39 is 0 Å². The molecule has 6 heteroatoms. The van der Waals surface area contributed by atoms with Crippen molar-refractivity contribution in [3.8, 4) is 11.4 Å². The number of nitrogens with one attached hydrogen (secondary N) is 2. The first-order chi connectivity index (χ1) is 13.8. The van der Waals surface area contributed by atoms with Gasteiger partial charge in [-0.25, -0.2) is 9.97 Å². The van der Waals surface area contributed by atoms with Gasteiger partial charge in [-0.1, -0.05) is 48.5 Å². The number of hydrogen-bond acceptors (Lipinski definition) is 5. The second kappa shape index (κ2) is 8.63. The van der Waals surface area contributed by atoms with Crippen LogP contribution in [0.1, 0.15) is 23.3 Å². The molecule has 0 saturated carbocycles. The minimum Gasteiger partial charge on any atom is -0.376 e. The average molecular weight is 374 g/mol. The second-order valence-corrected chi connectivity index (χ2v) is 6.66. The molecule has 0 radical (unpaired) electrons. The summed E-state index contributed by atoms with van der Waals surface area (Å²) >= 11 is 0. The van der Waals surface area contributed by atoms with Crippen LogP contribution in [-0.2, 0) is 4.74 Å². The molecule has 2 heterocycles. The molecule has 1 aliphatic rings. The van der Waals surface area contributed by atoms with E-state index in [1.807, 2.05) is 60.7 Å². The summed E-state index contributed by atoms with van der Waals surface area (Å²) in [6.07, 6.45) is 2.10. The predicted octanol–water partition coefficient (Wildman–Crippen LogP) is 3.80. The molecule has 28 heavy (non-hydrogen) atoms. The minimum atomic E-state index is -0.230. The Morgan fingerprint density at radius 1 is 1.04 bits per heavy atom. The number of hydrogen-bond donors (Lipinski definition) is 2. The van der Waals surface area contributed by atoms with Crippen molar-refractivity contribution in [1.82, 2.24) is 15.3 Å². The molecule has 1 saturated heterocycles. The number of ether oxygens (including phenoxy) is 1. The van der Waals surface area contributed by atoms with Crippen LogP contribution in [0.2, 0.25) is 0 Å². The van der Waals surface area contributed by atoms with E-state index in [4.69, 9.17) is 4.74 Å². The Kier molecular flexibility index (Phi) is 5.58. The lowest BCUT2D eigenvalue weighted by Crippen LogP contribution is -2.32.